The quantitative estimate of drug-likeness (QED) is 0.143. The molecule has 4 aliphatic carbocycles. The highest BCUT2D eigenvalue weighted by Gasteiger charge is 2.61. The van der Waals surface area contributed by atoms with E-state index >= 15 is 0 Å². The minimum atomic E-state index is -1.16. The summed E-state index contributed by atoms with van der Waals surface area (Å²) in [5, 5.41) is 0. The number of benzene rings is 1. The molecule has 2 heterocycles. The van der Waals surface area contributed by atoms with Gasteiger partial charge in [-0.15, -0.1) is 0 Å². The van der Waals surface area contributed by atoms with Crippen molar-refractivity contribution in [1.29, 1.82) is 0 Å². The summed E-state index contributed by atoms with van der Waals surface area (Å²) >= 11 is 0. The lowest BCUT2D eigenvalue weighted by Gasteiger charge is -2.26. The van der Waals surface area contributed by atoms with Crippen molar-refractivity contribution in [3.8, 4) is 0 Å². The third kappa shape index (κ3) is 4.03. The number of likely N-dealkylation sites (tertiary alicyclic amines) is 2. The minimum absolute atomic E-state index is 0.000736. The summed E-state index contributed by atoms with van der Waals surface area (Å²) in [4.78, 5) is 81.4. The van der Waals surface area contributed by atoms with Gasteiger partial charge in [-0.2, -0.15) is 0 Å². The van der Waals surface area contributed by atoms with E-state index in [1.165, 1.54) is 4.90 Å². The average molecular weight is 557 g/mol. The lowest BCUT2D eigenvalue weighted by Crippen LogP contribution is -2.47. The van der Waals surface area contributed by atoms with Crippen LogP contribution in [-0.4, -0.2) is 64.4 Å². The van der Waals surface area contributed by atoms with Crippen LogP contribution in [0.3, 0.4) is 0 Å². The van der Waals surface area contributed by atoms with Gasteiger partial charge < -0.3 is 4.74 Å². The van der Waals surface area contributed by atoms with Crippen molar-refractivity contribution in [2.45, 2.75) is 38.1 Å². The van der Waals surface area contributed by atoms with Crippen LogP contribution in [0.25, 0.3) is 0 Å². The SMILES string of the molecule is O=C(COC(=O)[C@H](CCCCN1C(=O)[C@H]2[C@H](C1=O)[C@H]1C=C[C@H]2C1)N1C(=O)[C@@H]2[C@H](C1=O)[C@H]1C=C[C@H]2C1)c1ccccc1. The van der Waals surface area contributed by atoms with Gasteiger partial charge in [0.1, 0.15) is 6.04 Å². The number of rotatable bonds is 10. The van der Waals surface area contributed by atoms with Crippen molar-refractivity contribution in [2.75, 3.05) is 13.2 Å². The first-order chi connectivity index (χ1) is 19.8. The van der Waals surface area contributed by atoms with E-state index in [0.717, 1.165) is 17.7 Å². The van der Waals surface area contributed by atoms with Gasteiger partial charge in [0.05, 0.1) is 23.7 Å². The van der Waals surface area contributed by atoms with Crippen LogP contribution >= 0.6 is 0 Å². The van der Waals surface area contributed by atoms with E-state index in [1.54, 1.807) is 30.3 Å². The zero-order chi connectivity index (χ0) is 28.4. The number of unbranched alkanes of at least 4 members (excludes halogenated alkanes) is 1. The largest absolute Gasteiger partial charge is 0.456 e. The summed E-state index contributed by atoms with van der Waals surface area (Å²) in [6.07, 6.45) is 10.7. The van der Waals surface area contributed by atoms with Crippen LogP contribution in [0.1, 0.15) is 42.5 Å². The predicted octanol–water partition coefficient (Wildman–Crippen LogP) is 2.57. The minimum Gasteiger partial charge on any atom is -0.456 e. The number of ether oxygens (including phenoxy) is 1. The zero-order valence-electron chi connectivity index (χ0n) is 22.6. The standard InChI is InChI=1S/C32H32N2O7/c35-23(17-6-2-1-3-7-17)16-41-32(40)22(34-30(38)26-20-11-12-21(15-20)27(26)31(34)39)8-4-5-13-33-28(36)24-18-9-10-19(14-18)25(24)29(33)37/h1-3,6-7,9-12,18-22,24-27H,4-5,8,13-16H2/t18-,19-,20-,21-,22-,24+,25+,26-,27+/m0/s1. The van der Waals surface area contributed by atoms with Crippen molar-refractivity contribution < 1.29 is 33.5 Å². The topological polar surface area (TPSA) is 118 Å². The van der Waals surface area contributed by atoms with E-state index in [4.69, 9.17) is 4.74 Å². The third-order valence-corrected chi connectivity index (χ3v) is 10.2. The summed E-state index contributed by atoms with van der Waals surface area (Å²) < 4.78 is 5.39. The molecular weight excluding hydrogens is 524 g/mol. The van der Waals surface area contributed by atoms with Gasteiger partial charge in [0.2, 0.25) is 23.6 Å². The maximum atomic E-state index is 13.5. The Bertz CT molecular complexity index is 1340. The van der Waals surface area contributed by atoms with Crippen molar-refractivity contribution in [3.05, 3.63) is 60.2 Å². The number of esters is 1. The molecule has 6 aliphatic rings. The Hall–Kier alpha value is -3.88. The summed E-state index contributed by atoms with van der Waals surface area (Å²) in [7, 11) is 0. The van der Waals surface area contributed by atoms with Crippen molar-refractivity contribution >= 4 is 35.4 Å². The predicted molar refractivity (Wildman–Crippen MR) is 143 cm³/mol. The van der Waals surface area contributed by atoms with Crippen LogP contribution in [0.5, 0.6) is 0 Å². The molecule has 4 bridgehead atoms. The second-order valence-corrected chi connectivity index (χ2v) is 12.3. The molecule has 0 spiro atoms. The van der Waals surface area contributed by atoms with Crippen LogP contribution in [0, 0.1) is 47.3 Å². The average Bonchev–Trinajstić information content (AvgIpc) is 3.83. The molecule has 4 fully saturated rings. The molecule has 0 aromatic heterocycles. The van der Waals surface area contributed by atoms with E-state index in [0.29, 0.717) is 18.4 Å². The lowest BCUT2D eigenvalue weighted by atomic mass is 9.85. The molecule has 0 unspecified atom stereocenters. The Balaban J connectivity index is 1.02. The lowest BCUT2D eigenvalue weighted by molar-refractivity contribution is -0.159. The molecule has 7 rings (SSSR count). The molecule has 4 amide bonds. The number of imide groups is 2. The molecule has 9 nitrogen and oxygen atoms in total. The highest BCUT2D eigenvalue weighted by molar-refractivity contribution is 6.09. The monoisotopic (exact) mass is 556 g/mol. The van der Waals surface area contributed by atoms with Crippen LogP contribution in [0.2, 0.25) is 0 Å². The first-order valence-corrected chi connectivity index (χ1v) is 14.7. The number of carbonyl (C=O) groups is 6. The third-order valence-electron chi connectivity index (χ3n) is 10.2. The zero-order valence-corrected chi connectivity index (χ0v) is 22.6. The maximum absolute atomic E-state index is 13.5. The number of fused-ring (bicyclic) bond motifs is 10. The smallest absolute Gasteiger partial charge is 0.329 e. The molecule has 0 radical (unpaired) electrons. The normalized spacial score (nSPS) is 34.6. The Kier molecular flexibility index (Phi) is 6.28. The van der Waals surface area contributed by atoms with E-state index in [-0.39, 0.29) is 77.9 Å². The molecule has 212 valence electrons. The van der Waals surface area contributed by atoms with Gasteiger partial charge in [-0.1, -0.05) is 54.6 Å². The van der Waals surface area contributed by atoms with Gasteiger partial charge in [0, 0.05) is 12.1 Å². The fourth-order valence-electron chi connectivity index (χ4n) is 8.32. The number of amides is 4. The Morgan fingerprint density at radius 3 is 1.78 bits per heavy atom. The van der Waals surface area contributed by atoms with Gasteiger partial charge in [-0.25, -0.2) is 4.79 Å². The number of Topliss-reactive ketones (excluding diaryl/α,β-unsaturated/α-hetero) is 1. The summed E-state index contributed by atoms with van der Waals surface area (Å²) in [5.74, 6) is -3.26. The highest BCUT2D eigenvalue weighted by Crippen LogP contribution is 2.54. The van der Waals surface area contributed by atoms with Crippen molar-refractivity contribution in [2.24, 2.45) is 47.3 Å². The Morgan fingerprint density at radius 2 is 1.24 bits per heavy atom. The number of ketones is 1. The summed E-state index contributed by atoms with van der Waals surface area (Å²) in [6, 6.07) is 7.30. The first-order valence-electron chi connectivity index (χ1n) is 14.7. The summed E-state index contributed by atoms with van der Waals surface area (Å²) in [6.45, 7) is -0.259. The maximum Gasteiger partial charge on any atom is 0.329 e. The molecule has 1 aromatic rings. The van der Waals surface area contributed by atoms with Gasteiger partial charge in [-0.05, 0) is 55.8 Å². The van der Waals surface area contributed by atoms with Gasteiger partial charge >= 0.3 is 5.97 Å². The number of hydrogen-bond acceptors (Lipinski definition) is 7. The van der Waals surface area contributed by atoms with E-state index in [1.807, 2.05) is 12.2 Å². The molecule has 9 heteroatoms. The fourth-order valence-corrected chi connectivity index (χ4v) is 8.32. The molecule has 1 aromatic carbocycles. The number of nitrogens with zero attached hydrogens (tertiary/aromatic N) is 2. The Morgan fingerprint density at radius 1 is 0.732 bits per heavy atom. The molecule has 0 N–H and O–H groups in total. The molecule has 41 heavy (non-hydrogen) atoms. The van der Waals surface area contributed by atoms with E-state index in [9.17, 15) is 28.8 Å². The molecule has 2 aliphatic heterocycles. The number of hydrogen-bond donors (Lipinski definition) is 0. The van der Waals surface area contributed by atoms with E-state index in [2.05, 4.69) is 12.2 Å². The van der Waals surface area contributed by atoms with Gasteiger partial charge in [0.15, 0.2) is 12.4 Å². The second-order valence-electron chi connectivity index (χ2n) is 12.3. The van der Waals surface area contributed by atoms with Gasteiger partial charge in [0.25, 0.3) is 0 Å². The fraction of sp³-hybridized carbons (Fsp3) is 0.500. The molecule has 2 saturated heterocycles. The van der Waals surface area contributed by atoms with Crippen LogP contribution in [0.15, 0.2) is 54.6 Å². The highest BCUT2D eigenvalue weighted by atomic mass is 16.5. The summed E-state index contributed by atoms with van der Waals surface area (Å²) in [5.41, 5.74) is 0.399. The van der Waals surface area contributed by atoms with Crippen LogP contribution < -0.4 is 0 Å². The van der Waals surface area contributed by atoms with Crippen molar-refractivity contribution in [3.63, 3.8) is 0 Å². The molecular formula is C32H32N2O7. The number of allylic oxidation sites excluding steroid dienone is 4. The molecule has 9 atom stereocenters. The molecule has 2 saturated carbocycles. The number of carbonyl (C=O) groups excluding carboxylic acids is 6. The van der Waals surface area contributed by atoms with Crippen LogP contribution in [0.4, 0.5) is 0 Å². The second kappa shape index (κ2) is 9.89. The van der Waals surface area contributed by atoms with Crippen LogP contribution in [-0.2, 0) is 28.7 Å². The Labute approximate surface area is 237 Å². The van der Waals surface area contributed by atoms with Gasteiger partial charge in [-0.3, -0.25) is 33.8 Å². The first kappa shape index (κ1) is 26.0. The van der Waals surface area contributed by atoms with Crippen molar-refractivity contribution in [1.82, 2.24) is 9.80 Å². The van der Waals surface area contributed by atoms with E-state index < -0.39 is 30.5 Å².